The van der Waals surface area contributed by atoms with Crippen LogP contribution in [0.4, 0.5) is 5.69 Å². The summed E-state index contributed by atoms with van der Waals surface area (Å²) in [7, 11) is 0. The van der Waals surface area contributed by atoms with Gasteiger partial charge in [-0.05, 0) is 29.8 Å². The molecular formula is C16H14N4O2. The second kappa shape index (κ2) is 6.17. The van der Waals surface area contributed by atoms with Crippen LogP contribution in [0, 0.1) is 0 Å². The van der Waals surface area contributed by atoms with Crippen LogP contribution in [0.25, 0.3) is 0 Å². The number of anilines is 1. The Hall–Kier alpha value is -3.02. The number of nitrogens with one attached hydrogen (secondary N) is 2. The number of benzene rings is 1. The third kappa shape index (κ3) is 3.17. The van der Waals surface area contributed by atoms with E-state index in [9.17, 15) is 9.59 Å². The number of hydrazone groups is 1. The highest BCUT2D eigenvalue weighted by Gasteiger charge is 2.13. The lowest BCUT2D eigenvalue weighted by Gasteiger charge is -2.12. The van der Waals surface area contributed by atoms with Crippen molar-refractivity contribution in [3.63, 3.8) is 0 Å². The monoisotopic (exact) mass is 294 g/mol. The van der Waals surface area contributed by atoms with Crippen molar-refractivity contribution in [2.75, 3.05) is 5.32 Å². The molecule has 3 rings (SSSR count). The van der Waals surface area contributed by atoms with E-state index in [-0.39, 0.29) is 11.8 Å². The molecule has 1 aromatic carbocycles. The Morgan fingerprint density at radius 1 is 1.09 bits per heavy atom. The Labute approximate surface area is 127 Å². The largest absolute Gasteiger partial charge is 0.321 e. The van der Waals surface area contributed by atoms with E-state index >= 15 is 0 Å². The van der Waals surface area contributed by atoms with Gasteiger partial charge in [-0.2, -0.15) is 5.10 Å². The van der Waals surface area contributed by atoms with Crippen LogP contribution >= 0.6 is 0 Å². The average Bonchev–Trinajstić information content (AvgIpc) is 2.57. The highest BCUT2D eigenvalue weighted by Crippen LogP contribution is 2.14. The van der Waals surface area contributed by atoms with Crippen molar-refractivity contribution in [2.24, 2.45) is 5.10 Å². The summed E-state index contributed by atoms with van der Waals surface area (Å²) in [4.78, 5) is 27.1. The maximum Gasteiger partial charge on any atom is 0.274 e. The fraction of sp³-hybridized carbons (Fsp3) is 0.125. The molecule has 2 heterocycles. The van der Waals surface area contributed by atoms with Gasteiger partial charge in [0.2, 0.25) is 5.91 Å². The standard InChI is InChI=1S/C16H14N4O2/c21-15-9-8-13(19-20-15)11-4-6-12(7-5-11)18-16(22)14-3-1-2-10-17-14/h1-7,10H,8-9H2,(H,18,22)(H,20,21). The van der Waals surface area contributed by atoms with Gasteiger partial charge in [0.05, 0.1) is 5.71 Å². The summed E-state index contributed by atoms with van der Waals surface area (Å²) >= 11 is 0. The minimum Gasteiger partial charge on any atom is -0.321 e. The van der Waals surface area contributed by atoms with E-state index in [1.54, 1.807) is 36.5 Å². The lowest BCUT2D eigenvalue weighted by molar-refractivity contribution is -0.121. The molecule has 2 N–H and O–H groups in total. The first-order valence-corrected chi connectivity index (χ1v) is 6.90. The van der Waals surface area contributed by atoms with Crippen molar-refractivity contribution in [3.8, 4) is 0 Å². The average molecular weight is 294 g/mol. The molecule has 0 fully saturated rings. The molecule has 0 aliphatic carbocycles. The summed E-state index contributed by atoms with van der Waals surface area (Å²) in [6.07, 6.45) is 2.63. The minimum absolute atomic E-state index is 0.0667. The molecule has 0 unspecified atom stereocenters. The van der Waals surface area contributed by atoms with Crippen molar-refractivity contribution < 1.29 is 9.59 Å². The summed E-state index contributed by atoms with van der Waals surface area (Å²) in [5, 5.41) is 6.82. The first-order chi connectivity index (χ1) is 10.7. The third-order valence-electron chi connectivity index (χ3n) is 3.28. The summed E-state index contributed by atoms with van der Waals surface area (Å²) in [6, 6.07) is 12.5. The molecule has 0 atom stereocenters. The number of carbonyl (C=O) groups excluding carboxylic acids is 2. The fourth-order valence-corrected chi connectivity index (χ4v) is 2.12. The Balaban J connectivity index is 1.70. The zero-order valence-corrected chi connectivity index (χ0v) is 11.7. The first kappa shape index (κ1) is 13.9. The minimum atomic E-state index is -0.254. The van der Waals surface area contributed by atoms with E-state index in [2.05, 4.69) is 20.8 Å². The van der Waals surface area contributed by atoms with E-state index in [1.807, 2.05) is 12.1 Å². The van der Waals surface area contributed by atoms with Gasteiger partial charge >= 0.3 is 0 Å². The number of amides is 2. The number of hydrogen-bond acceptors (Lipinski definition) is 4. The Kier molecular flexibility index (Phi) is 3.91. The molecule has 0 saturated heterocycles. The summed E-state index contributed by atoms with van der Waals surface area (Å²) in [5.41, 5.74) is 5.28. The molecule has 22 heavy (non-hydrogen) atoms. The van der Waals surface area contributed by atoms with Gasteiger partial charge in [-0.1, -0.05) is 18.2 Å². The molecular weight excluding hydrogens is 280 g/mol. The van der Waals surface area contributed by atoms with Gasteiger partial charge in [0, 0.05) is 24.7 Å². The number of hydrogen-bond donors (Lipinski definition) is 2. The van der Waals surface area contributed by atoms with Gasteiger partial charge < -0.3 is 5.32 Å². The molecule has 6 nitrogen and oxygen atoms in total. The van der Waals surface area contributed by atoms with Crippen molar-refractivity contribution in [2.45, 2.75) is 12.8 Å². The fourth-order valence-electron chi connectivity index (χ4n) is 2.12. The topological polar surface area (TPSA) is 83.5 Å². The lowest BCUT2D eigenvalue weighted by Crippen LogP contribution is -2.25. The van der Waals surface area contributed by atoms with Gasteiger partial charge in [-0.3, -0.25) is 14.6 Å². The smallest absolute Gasteiger partial charge is 0.274 e. The van der Waals surface area contributed by atoms with Crippen LogP contribution in [0.2, 0.25) is 0 Å². The van der Waals surface area contributed by atoms with Crippen LogP contribution in [-0.4, -0.2) is 22.5 Å². The highest BCUT2D eigenvalue weighted by atomic mass is 16.2. The normalized spacial score (nSPS) is 14.0. The first-order valence-electron chi connectivity index (χ1n) is 6.90. The number of rotatable bonds is 3. The number of aromatic nitrogens is 1. The van der Waals surface area contributed by atoms with Gasteiger partial charge in [0.1, 0.15) is 5.69 Å². The Morgan fingerprint density at radius 2 is 1.91 bits per heavy atom. The predicted molar refractivity (Wildman–Crippen MR) is 82.5 cm³/mol. The van der Waals surface area contributed by atoms with Crippen LogP contribution in [0.5, 0.6) is 0 Å². The number of pyridine rings is 1. The second-order valence-electron chi connectivity index (χ2n) is 4.84. The van der Waals surface area contributed by atoms with Crippen molar-refractivity contribution in [3.05, 3.63) is 59.9 Å². The van der Waals surface area contributed by atoms with Crippen LogP contribution < -0.4 is 10.7 Å². The molecule has 1 aromatic heterocycles. The summed E-state index contributed by atoms with van der Waals surface area (Å²) in [6.45, 7) is 0. The third-order valence-corrected chi connectivity index (χ3v) is 3.28. The molecule has 0 radical (unpaired) electrons. The molecule has 1 aliphatic rings. The zero-order chi connectivity index (χ0) is 15.4. The molecule has 6 heteroatoms. The predicted octanol–water partition coefficient (Wildman–Crippen LogP) is 1.95. The molecule has 2 aromatic rings. The van der Waals surface area contributed by atoms with E-state index in [0.29, 0.717) is 24.2 Å². The molecule has 1 aliphatic heterocycles. The van der Waals surface area contributed by atoms with Crippen molar-refractivity contribution in [1.29, 1.82) is 0 Å². The van der Waals surface area contributed by atoms with Gasteiger partial charge in [0.25, 0.3) is 5.91 Å². The van der Waals surface area contributed by atoms with Crippen LogP contribution in [0.15, 0.2) is 53.8 Å². The highest BCUT2D eigenvalue weighted by molar-refractivity contribution is 6.05. The lowest BCUT2D eigenvalue weighted by atomic mass is 10.0. The van der Waals surface area contributed by atoms with Crippen LogP contribution in [0.3, 0.4) is 0 Å². The Bertz CT molecular complexity index is 724. The summed E-state index contributed by atoms with van der Waals surface area (Å²) < 4.78 is 0. The van der Waals surface area contributed by atoms with Crippen LogP contribution in [-0.2, 0) is 4.79 Å². The van der Waals surface area contributed by atoms with Gasteiger partial charge in [-0.15, -0.1) is 0 Å². The molecule has 0 spiro atoms. The number of nitrogens with zero attached hydrogens (tertiary/aromatic N) is 2. The van der Waals surface area contributed by atoms with E-state index in [0.717, 1.165) is 11.3 Å². The van der Waals surface area contributed by atoms with E-state index in [4.69, 9.17) is 0 Å². The zero-order valence-electron chi connectivity index (χ0n) is 11.7. The number of carbonyl (C=O) groups is 2. The van der Waals surface area contributed by atoms with Crippen molar-refractivity contribution in [1.82, 2.24) is 10.4 Å². The maximum atomic E-state index is 12.0. The SMILES string of the molecule is O=C1CCC(c2ccc(NC(=O)c3ccccn3)cc2)=NN1. The molecule has 2 amide bonds. The van der Waals surface area contributed by atoms with Gasteiger partial charge in [0.15, 0.2) is 0 Å². The molecule has 0 saturated carbocycles. The van der Waals surface area contributed by atoms with Gasteiger partial charge in [-0.25, -0.2) is 5.43 Å². The molecule has 0 bridgehead atoms. The molecule has 110 valence electrons. The Morgan fingerprint density at radius 3 is 2.55 bits per heavy atom. The second-order valence-corrected chi connectivity index (χ2v) is 4.84. The maximum absolute atomic E-state index is 12.0. The van der Waals surface area contributed by atoms with E-state index in [1.165, 1.54) is 0 Å². The van der Waals surface area contributed by atoms with Crippen LogP contribution in [0.1, 0.15) is 28.9 Å². The quantitative estimate of drug-likeness (QED) is 0.907. The van der Waals surface area contributed by atoms with Crippen molar-refractivity contribution >= 4 is 23.2 Å². The van der Waals surface area contributed by atoms with E-state index < -0.39 is 0 Å². The summed E-state index contributed by atoms with van der Waals surface area (Å²) in [5.74, 6) is -0.321.